The Bertz CT molecular complexity index is 907. The number of aromatic nitrogens is 2. The van der Waals surface area contributed by atoms with Gasteiger partial charge in [-0.3, -0.25) is 4.79 Å². The molecule has 1 aliphatic carbocycles. The van der Waals surface area contributed by atoms with Crippen LogP contribution in [-0.2, 0) is 11.2 Å². The molecule has 1 amide bonds. The molecule has 0 spiro atoms. The molecule has 0 saturated heterocycles. The number of hydrogen-bond donors (Lipinski definition) is 1. The molecule has 0 radical (unpaired) electrons. The Morgan fingerprint density at radius 1 is 1.22 bits per heavy atom. The predicted octanol–water partition coefficient (Wildman–Crippen LogP) is 3.70. The van der Waals surface area contributed by atoms with Gasteiger partial charge in [0.25, 0.3) is 5.91 Å². The van der Waals surface area contributed by atoms with Crippen molar-refractivity contribution in [3.8, 4) is 17.2 Å². The van der Waals surface area contributed by atoms with Gasteiger partial charge in [0.15, 0.2) is 6.10 Å². The monoisotopic (exact) mass is 363 g/mol. The Kier molecular flexibility index (Phi) is 4.87. The Morgan fingerprint density at radius 2 is 2.04 bits per heavy atom. The summed E-state index contributed by atoms with van der Waals surface area (Å²) in [4.78, 5) is 12.6. The van der Waals surface area contributed by atoms with Crippen LogP contribution >= 0.6 is 0 Å². The lowest BCUT2D eigenvalue weighted by atomic mass is 9.87. The van der Waals surface area contributed by atoms with Crippen molar-refractivity contribution in [2.24, 2.45) is 0 Å². The molecule has 0 saturated carbocycles. The summed E-state index contributed by atoms with van der Waals surface area (Å²) in [7, 11) is 0. The first-order valence-corrected chi connectivity index (χ1v) is 9.12. The highest BCUT2D eigenvalue weighted by Crippen LogP contribution is 2.29. The van der Waals surface area contributed by atoms with Gasteiger partial charge in [0.05, 0.1) is 6.04 Å². The minimum atomic E-state index is -0.589. The van der Waals surface area contributed by atoms with Crippen LogP contribution in [-0.4, -0.2) is 22.2 Å². The van der Waals surface area contributed by atoms with Crippen molar-refractivity contribution < 1.29 is 13.9 Å². The third-order valence-corrected chi connectivity index (χ3v) is 4.83. The summed E-state index contributed by atoms with van der Waals surface area (Å²) >= 11 is 0. The van der Waals surface area contributed by atoms with Crippen LogP contribution in [0.5, 0.6) is 5.75 Å². The van der Waals surface area contributed by atoms with Gasteiger partial charge in [0.1, 0.15) is 5.75 Å². The van der Waals surface area contributed by atoms with Crippen LogP contribution < -0.4 is 10.1 Å². The SMILES string of the molecule is C[C@@H](Oc1ccc(-c2nnco2)cc1)C(=O)N[C@@H]1CCCc2ccccc21. The zero-order valence-corrected chi connectivity index (χ0v) is 15.1. The van der Waals surface area contributed by atoms with E-state index in [1.54, 1.807) is 19.1 Å². The topological polar surface area (TPSA) is 77.2 Å². The summed E-state index contributed by atoms with van der Waals surface area (Å²) in [5, 5.41) is 10.7. The summed E-state index contributed by atoms with van der Waals surface area (Å²) in [6.07, 6.45) is 3.80. The molecular formula is C21H21N3O3. The van der Waals surface area contributed by atoms with Crippen molar-refractivity contribution in [1.82, 2.24) is 15.5 Å². The minimum absolute atomic E-state index is 0.0494. The van der Waals surface area contributed by atoms with Crippen LogP contribution in [0.4, 0.5) is 0 Å². The summed E-state index contributed by atoms with van der Waals surface area (Å²) in [6, 6.07) is 15.6. The number of fused-ring (bicyclic) bond motifs is 1. The summed E-state index contributed by atoms with van der Waals surface area (Å²) in [5.74, 6) is 0.950. The van der Waals surface area contributed by atoms with E-state index in [9.17, 15) is 4.79 Å². The van der Waals surface area contributed by atoms with E-state index in [0.717, 1.165) is 24.8 Å². The largest absolute Gasteiger partial charge is 0.481 e. The number of ether oxygens (including phenoxy) is 1. The number of nitrogens with zero attached hydrogens (tertiary/aromatic N) is 2. The zero-order chi connectivity index (χ0) is 18.6. The fraction of sp³-hybridized carbons (Fsp3) is 0.286. The van der Waals surface area contributed by atoms with Gasteiger partial charge in [-0.05, 0) is 61.6 Å². The molecule has 2 aromatic carbocycles. The Hall–Kier alpha value is -3.15. The van der Waals surface area contributed by atoms with Crippen molar-refractivity contribution in [1.29, 1.82) is 0 Å². The van der Waals surface area contributed by atoms with Gasteiger partial charge >= 0.3 is 0 Å². The van der Waals surface area contributed by atoms with Crippen LogP contribution in [0.1, 0.15) is 36.9 Å². The average molecular weight is 363 g/mol. The van der Waals surface area contributed by atoms with Crippen LogP contribution in [0.25, 0.3) is 11.5 Å². The van der Waals surface area contributed by atoms with E-state index in [1.165, 1.54) is 17.5 Å². The second-order valence-electron chi connectivity index (χ2n) is 6.68. The van der Waals surface area contributed by atoms with Gasteiger partial charge in [-0.25, -0.2) is 0 Å². The smallest absolute Gasteiger partial charge is 0.261 e. The van der Waals surface area contributed by atoms with Crippen LogP contribution in [0.3, 0.4) is 0 Å². The predicted molar refractivity (Wildman–Crippen MR) is 100 cm³/mol. The van der Waals surface area contributed by atoms with E-state index in [4.69, 9.17) is 9.15 Å². The van der Waals surface area contributed by atoms with E-state index in [2.05, 4.69) is 27.6 Å². The highest BCUT2D eigenvalue weighted by Gasteiger charge is 2.24. The number of nitrogens with one attached hydrogen (secondary N) is 1. The first-order valence-electron chi connectivity index (χ1n) is 9.12. The van der Waals surface area contributed by atoms with Gasteiger partial charge in [-0.2, -0.15) is 0 Å². The average Bonchev–Trinajstić information content (AvgIpc) is 3.23. The van der Waals surface area contributed by atoms with E-state index in [0.29, 0.717) is 11.6 Å². The molecule has 1 aliphatic rings. The third kappa shape index (κ3) is 3.84. The molecule has 0 aliphatic heterocycles. The van der Waals surface area contributed by atoms with Gasteiger partial charge < -0.3 is 14.5 Å². The minimum Gasteiger partial charge on any atom is -0.481 e. The first kappa shape index (κ1) is 17.3. The number of carbonyl (C=O) groups is 1. The number of aryl methyl sites for hydroxylation is 1. The van der Waals surface area contributed by atoms with Gasteiger partial charge in [-0.1, -0.05) is 24.3 Å². The fourth-order valence-corrected chi connectivity index (χ4v) is 3.43. The third-order valence-electron chi connectivity index (χ3n) is 4.83. The second-order valence-corrected chi connectivity index (χ2v) is 6.68. The second kappa shape index (κ2) is 7.61. The molecule has 2 atom stereocenters. The van der Waals surface area contributed by atoms with Crippen molar-refractivity contribution in [2.45, 2.75) is 38.3 Å². The first-order chi connectivity index (χ1) is 13.2. The van der Waals surface area contributed by atoms with Crippen LogP contribution in [0.15, 0.2) is 59.3 Å². The molecule has 3 aromatic rings. The Morgan fingerprint density at radius 3 is 2.81 bits per heavy atom. The number of carbonyl (C=O) groups excluding carboxylic acids is 1. The van der Waals surface area contributed by atoms with Crippen molar-refractivity contribution >= 4 is 5.91 Å². The summed E-state index contributed by atoms with van der Waals surface area (Å²) < 4.78 is 11.0. The molecule has 1 N–H and O–H groups in total. The number of benzene rings is 2. The van der Waals surface area contributed by atoms with Crippen molar-refractivity contribution in [2.75, 3.05) is 0 Å². The maximum absolute atomic E-state index is 12.6. The molecule has 0 fully saturated rings. The maximum atomic E-state index is 12.6. The summed E-state index contributed by atoms with van der Waals surface area (Å²) in [6.45, 7) is 1.76. The number of hydrogen-bond acceptors (Lipinski definition) is 5. The lowest BCUT2D eigenvalue weighted by Gasteiger charge is -2.27. The van der Waals surface area contributed by atoms with E-state index in [1.807, 2.05) is 24.3 Å². The number of amides is 1. The molecule has 27 heavy (non-hydrogen) atoms. The molecular weight excluding hydrogens is 342 g/mol. The fourth-order valence-electron chi connectivity index (χ4n) is 3.43. The zero-order valence-electron chi connectivity index (χ0n) is 15.1. The Labute approximate surface area is 157 Å². The van der Waals surface area contributed by atoms with Gasteiger partial charge in [0.2, 0.25) is 12.3 Å². The number of rotatable bonds is 5. The normalized spacial score (nSPS) is 17.0. The van der Waals surface area contributed by atoms with E-state index in [-0.39, 0.29) is 11.9 Å². The molecule has 6 nitrogen and oxygen atoms in total. The molecule has 0 unspecified atom stereocenters. The van der Waals surface area contributed by atoms with E-state index < -0.39 is 6.10 Å². The summed E-state index contributed by atoms with van der Waals surface area (Å²) in [5.41, 5.74) is 3.34. The lowest BCUT2D eigenvalue weighted by molar-refractivity contribution is -0.128. The standard InChI is InChI=1S/C21H21N3O3/c1-14(27-17-11-9-16(10-12-17)21-24-22-13-26-21)20(25)23-19-8-4-6-15-5-2-3-7-18(15)19/h2-3,5,7,9-14,19H,4,6,8H2,1H3,(H,23,25)/t14-,19-/m1/s1. The maximum Gasteiger partial charge on any atom is 0.261 e. The van der Waals surface area contributed by atoms with Crippen molar-refractivity contribution in [3.05, 3.63) is 66.1 Å². The van der Waals surface area contributed by atoms with E-state index >= 15 is 0 Å². The van der Waals surface area contributed by atoms with Crippen LogP contribution in [0.2, 0.25) is 0 Å². The molecule has 0 bridgehead atoms. The van der Waals surface area contributed by atoms with Crippen LogP contribution in [0, 0.1) is 0 Å². The highest BCUT2D eigenvalue weighted by molar-refractivity contribution is 5.81. The highest BCUT2D eigenvalue weighted by atomic mass is 16.5. The molecule has 1 aromatic heterocycles. The Balaban J connectivity index is 1.39. The molecule has 1 heterocycles. The van der Waals surface area contributed by atoms with Gasteiger partial charge in [0, 0.05) is 5.56 Å². The lowest BCUT2D eigenvalue weighted by Crippen LogP contribution is -2.39. The molecule has 4 rings (SSSR count). The quantitative estimate of drug-likeness (QED) is 0.748. The molecule has 6 heteroatoms. The molecule has 138 valence electrons. The van der Waals surface area contributed by atoms with Gasteiger partial charge in [-0.15, -0.1) is 10.2 Å². The van der Waals surface area contributed by atoms with Crippen molar-refractivity contribution in [3.63, 3.8) is 0 Å².